The van der Waals surface area contributed by atoms with Crippen molar-refractivity contribution >= 4 is 40.3 Å². The van der Waals surface area contributed by atoms with Crippen molar-refractivity contribution in [3.63, 3.8) is 0 Å². The molecule has 0 saturated carbocycles. The molecule has 1 fully saturated rings. The third kappa shape index (κ3) is 5.62. The summed E-state index contributed by atoms with van der Waals surface area (Å²) in [6.45, 7) is 5.52. The van der Waals surface area contributed by atoms with Crippen LogP contribution < -0.4 is 20.3 Å². The monoisotopic (exact) mass is 571 g/mol. The van der Waals surface area contributed by atoms with E-state index in [0.29, 0.717) is 39.3 Å². The molecule has 0 aliphatic carbocycles. The summed E-state index contributed by atoms with van der Waals surface area (Å²) in [5.41, 5.74) is 1.99. The van der Waals surface area contributed by atoms with E-state index in [0.717, 1.165) is 5.69 Å². The third-order valence-electron chi connectivity index (χ3n) is 6.75. The number of nitrogens with one attached hydrogen (secondary N) is 2. The van der Waals surface area contributed by atoms with Gasteiger partial charge in [-0.3, -0.25) is 19.9 Å². The lowest BCUT2D eigenvalue weighted by atomic mass is 9.95. The molecule has 2 aromatic heterocycles. The van der Waals surface area contributed by atoms with Crippen molar-refractivity contribution < 1.29 is 18.9 Å². The van der Waals surface area contributed by atoms with Crippen molar-refractivity contribution in [3.05, 3.63) is 101 Å². The highest BCUT2D eigenvalue weighted by Crippen LogP contribution is 2.44. The standard InChI is InChI=1S/C30H29N5O5S/c1-30(2,3)28(36)32-21-12-11-19(17-25(21)39-4)34-27(26(33-29(34)41)22-10-5-6-15-31-22)24-14-13-23(40-24)18-8-7-9-20(16-18)35(37)38/h5-17,26-27H,1-4H3,(H,32,36)(H,33,41). The van der Waals surface area contributed by atoms with Crippen LogP contribution in [0.15, 0.2) is 83.4 Å². The van der Waals surface area contributed by atoms with Crippen LogP contribution >= 0.6 is 12.2 Å². The maximum atomic E-state index is 12.6. The molecule has 2 atom stereocenters. The van der Waals surface area contributed by atoms with Crippen LogP contribution in [-0.4, -0.2) is 28.0 Å². The van der Waals surface area contributed by atoms with Gasteiger partial charge in [-0.25, -0.2) is 0 Å². The number of furan rings is 1. The number of non-ortho nitro benzene ring substituents is 1. The summed E-state index contributed by atoms with van der Waals surface area (Å²) in [5.74, 6) is 1.40. The Morgan fingerprint density at radius 2 is 1.93 bits per heavy atom. The number of pyridine rings is 1. The molecule has 5 rings (SSSR count). The average Bonchev–Trinajstić information content (AvgIpc) is 3.58. The molecule has 210 valence electrons. The molecule has 1 aliphatic heterocycles. The number of nitro benzene ring substituents is 1. The van der Waals surface area contributed by atoms with Crippen LogP contribution in [0.1, 0.15) is 44.3 Å². The number of benzene rings is 2. The Morgan fingerprint density at radius 1 is 1.12 bits per heavy atom. The van der Waals surface area contributed by atoms with Crippen LogP contribution in [0.4, 0.5) is 17.1 Å². The molecule has 4 aromatic rings. The normalized spacial score (nSPS) is 16.8. The second kappa shape index (κ2) is 11.0. The van der Waals surface area contributed by atoms with Crippen LogP contribution in [0.2, 0.25) is 0 Å². The highest BCUT2D eigenvalue weighted by molar-refractivity contribution is 7.80. The molecule has 2 aromatic carbocycles. The summed E-state index contributed by atoms with van der Waals surface area (Å²) in [6.07, 6.45) is 1.71. The number of rotatable bonds is 7. The summed E-state index contributed by atoms with van der Waals surface area (Å²) < 4.78 is 12.0. The van der Waals surface area contributed by atoms with E-state index in [-0.39, 0.29) is 17.6 Å². The molecule has 2 N–H and O–H groups in total. The predicted molar refractivity (Wildman–Crippen MR) is 160 cm³/mol. The summed E-state index contributed by atoms with van der Waals surface area (Å²) >= 11 is 5.81. The number of nitrogens with zero attached hydrogens (tertiary/aromatic N) is 3. The number of carbonyl (C=O) groups is 1. The van der Waals surface area contributed by atoms with E-state index in [2.05, 4.69) is 15.6 Å². The summed E-state index contributed by atoms with van der Waals surface area (Å²) in [6, 6.07) is 20.2. The van der Waals surface area contributed by atoms with E-state index in [1.807, 2.05) is 62.1 Å². The van der Waals surface area contributed by atoms with Crippen molar-refractivity contribution in [2.75, 3.05) is 17.3 Å². The smallest absolute Gasteiger partial charge is 0.270 e. The van der Waals surface area contributed by atoms with Gasteiger partial charge in [-0.1, -0.05) is 39.0 Å². The number of carbonyl (C=O) groups excluding carboxylic acids is 1. The number of methoxy groups -OCH3 is 1. The Labute approximate surface area is 242 Å². The van der Waals surface area contributed by atoms with Gasteiger partial charge in [0.25, 0.3) is 5.69 Å². The van der Waals surface area contributed by atoms with Crippen molar-refractivity contribution in [3.8, 4) is 17.1 Å². The van der Waals surface area contributed by atoms with Gasteiger partial charge >= 0.3 is 0 Å². The Hall–Kier alpha value is -4.77. The minimum Gasteiger partial charge on any atom is -0.494 e. The van der Waals surface area contributed by atoms with Crippen molar-refractivity contribution in [1.29, 1.82) is 0 Å². The highest BCUT2D eigenvalue weighted by atomic mass is 32.1. The molecule has 1 saturated heterocycles. The Kier molecular flexibility index (Phi) is 7.46. The predicted octanol–water partition coefficient (Wildman–Crippen LogP) is 6.42. The van der Waals surface area contributed by atoms with Crippen molar-refractivity contribution in [1.82, 2.24) is 10.3 Å². The molecule has 0 radical (unpaired) electrons. The average molecular weight is 572 g/mol. The fourth-order valence-electron chi connectivity index (χ4n) is 4.60. The van der Waals surface area contributed by atoms with E-state index in [9.17, 15) is 14.9 Å². The van der Waals surface area contributed by atoms with Gasteiger partial charge < -0.3 is 24.7 Å². The minimum atomic E-state index is -0.582. The number of anilines is 2. The Bertz CT molecular complexity index is 1620. The summed E-state index contributed by atoms with van der Waals surface area (Å²) in [5, 5.41) is 18.1. The van der Waals surface area contributed by atoms with Gasteiger partial charge in [0.2, 0.25) is 5.91 Å². The SMILES string of the molecule is COc1cc(N2C(=S)NC(c3ccccn3)C2c2ccc(-c3cccc([N+](=O)[O-])c3)o2)ccc1NC(=O)C(C)(C)C. The molecular weight excluding hydrogens is 542 g/mol. The van der Waals surface area contributed by atoms with Gasteiger partial charge in [-0.2, -0.15) is 0 Å². The van der Waals surface area contributed by atoms with Gasteiger partial charge in [-0.05, 0) is 48.6 Å². The second-order valence-electron chi connectivity index (χ2n) is 10.6. The van der Waals surface area contributed by atoms with E-state index in [4.69, 9.17) is 21.4 Å². The first kappa shape index (κ1) is 27.8. The van der Waals surface area contributed by atoms with E-state index in [1.54, 1.807) is 37.6 Å². The quantitative estimate of drug-likeness (QED) is 0.147. The Balaban J connectivity index is 1.56. The largest absolute Gasteiger partial charge is 0.494 e. The van der Waals surface area contributed by atoms with Gasteiger partial charge in [0, 0.05) is 41.1 Å². The lowest BCUT2D eigenvalue weighted by molar-refractivity contribution is -0.384. The van der Waals surface area contributed by atoms with Crippen LogP contribution in [0.25, 0.3) is 11.3 Å². The topological polar surface area (TPSA) is 123 Å². The number of ether oxygens (including phenoxy) is 1. The number of aromatic nitrogens is 1. The highest BCUT2D eigenvalue weighted by Gasteiger charge is 2.43. The zero-order valence-electron chi connectivity index (χ0n) is 23.0. The fraction of sp³-hybridized carbons (Fsp3) is 0.233. The molecule has 0 bridgehead atoms. The van der Waals surface area contributed by atoms with Gasteiger partial charge in [0.05, 0.1) is 29.5 Å². The van der Waals surface area contributed by atoms with Gasteiger partial charge in [0.1, 0.15) is 23.3 Å². The zero-order chi connectivity index (χ0) is 29.3. The summed E-state index contributed by atoms with van der Waals surface area (Å²) in [7, 11) is 1.54. The van der Waals surface area contributed by atoms with E-state index >= 15 is 0 Å². The number of thiocarbonyl (C=S) groups is 1. The molecule has 3 heterocycles. The first-order chi connectivity index (χ1) is 19.6. The van der Waals surface area contributed by atoms with Crippen LogP contribution in [0.3, 0.4) is 0 Å². The first-order valence-electron chi connectivity index (χ1n) is 12.9. The number of nitro groups is 1. The van der Waals surface area contributed by atoms with Crippen LogP contribution in [0, 0.1) is 15.5 Å². The third-order valence-corrected chi connectivity index (χ3v) is 7.07. The maximum absolute atomic E-state index is 12.6. The molecule has 2 unspecified atom stereocenters. The van der Waals surface area contributed by atoms with Gasteiger partial charge in [-0.15, -0.1) is 0 Å². The van der Waals surface area contributed by atoms with E-state index in [1.165, 1.54) is 12.1 Å². The first-order valence-corrected chi connectivity index (χ1v) is 13.3. The molecule has 1 aliphatic rings. The molecule has 41 heavy (non-hydrogen) atoms. The summed E-state index contributed by atoms with van der Waals surface area (Å²) in [4.78, 5) is 30.0. The molecule has 10 nitrogen and oxygen atoms in total. The molecule has 1 amide bonds. The lowest BCUT2D eigenvalue weighted by Crippen LogP contribution is -2.30. The lowest BCUT2D eigenvalue weighted by Gasteiger charge is -2.27. The number of hydrogen-bond donors (Lipinski definition) is 2. The molecule has 11 heteroatoms. The Morgan fingerprint density at radius 3 is 2.61 bits per heavy atom. The number of amides is 1. The van der Waals surface area contributed by atoms with E-state index < -0.39 is 16.4 Å². The second-order valence-corrected chi connectivity index (χ2v) is 11.0. The van der Waals surface area contributed by atoms with Crippen LogP contribution in [-0.2, 0) is 4.79 Å². The van der Waals surface area contributed by atoms with Crippen LogP contribution in [0.5, 0.6) is 5.75 Å². The van der Waals surface area contributed by atoms with Crippen molar-refractivity contribution in [2.24, 2.45) is 5.41 Å². The number of hydrogen-bond acceptors (Lipinski definition) is 7. The van der Waals surface area contributed by atoms with Gasteiger partial charge in [0.15, 0.2) is 5.11 Å². The fourth-order valence-corrected chi connectivity index (χ4v) is 4.95. The molecular formula is C30H29N5O5S. The van der Waals surface area contributed by atoms with Crippen molar-refractivity contribution in [2.45, 2.75) is 32.9 Å². The maximum Gasteiger partial charge on any atom is 0.270 e. The molecule has 0 spiro atoms. The minimum absolute atomic E-state index is 0.0251. The zero-order valence-corrected chi connectivity index (χ0v) is 23.8.